The Bertz CT molecular complexity index is 232. The fraction of sp³-hybridized carbons (Fsp3) is 0.900. The van der Waals surface area contributed by atoms with Crippen LogP contribution in [0.3, 0.4) is 0 Å². The fourth-order valence-corrected chi connectivity index (χ4v) is 2.78. The normalized spacial score (nSPS) is 44.2. The second-order valence-corrected chi connectivity index (χ2v) is 4.70. The van der Waals surface area contributed by atoms with Crippen LogP contribution in [0.5, 0.6) is 0 Å². The predicted octanol–water partition coefficient (Wildman–Crippen LogP) is 2.13. The molecule has 2 fully saturated rings. The van der Waals surface area contributed by atoms with E-state index < -0.39 is 0 Å². The van der Waals surface area contributed by atoms with Crippen LogP contribution in [-0.4, -0.2) is 11.6 Å². The summed E-state index contributed by atoms with van der Waals surface area (Å²) in [5.74, 6) is 0.529. The molecule has 0 aromatic carbocycles. The summed E-state index contributed by atoms with van der Waals surface area (Å²) in [6.45, 7) is 6.22. The number of esters is 1. The Kier molecular flexibility index (Phi) is 1.37. The van der Waals surface area contributed by atoms with Gasteiger partial charge >= 0.3 is 5.97 Å². The molecule has 0 aromatic heterocycles. The van der Waals surface area contributed by atoms with Gasteiger partial charge in [0.15, 0.2) is 0 Å². The summed E-state index contributed by atoms with van der Waals surface area (Å²) in [6, 6.07) is 0. The van der Waals surface area contributed by atoms with Crippen molar-refractivity contribution < 1.29 is 9.53 Å². The van der Waals surface area contributed by atoms with Crippen molar-refractivity contribution >= 4 is 5.97 Å². The molecule has 0 radical (unpaired) electrons. The standard InChI is InChI=1S/C10H16O2/c1-7-5-4-6-10(7)9(2,3)8(11)12-10/h7H,4-6H2,1-3H3/t7-,10+/m0/s1. The van der Waals surface area contributed by atoms with Gasteiger partial charge in [-0.25, -0.2) is 0 Å². The molecule has 0 N–H and O–H groups in total. The number of rotatable bonds is 0. The first-order valence-electron chi connectivity index (χ1n) is 4.74. The summed E-state index contributed by atoms with van der Waals surface area (Å²) in [5.41, 5.74) is -0.340. The van der Waals surface area contributed by atoms with Crippen LogP contribution in [0.15, 0.2) is 0 Å². The third-order valence-electron chi connectivity index (χ3n) is 3.82. The molecule has 0 bridgehead atoms. The minimum atomic E-state index is -0.233. The summed E-state index contributed by atoms with van der Waals surface area (Å²) in [5, 5.41) is 0. The number of hydrogen-bond donors (Lipinski definition) is 0. The van der Waals surface area contributed by atoms with Gasteiger partial charge in [-0.05, 0) is 39.0 Å². The van der Waals surface area contributed by atoms with Crippen LogP contribution in [0.2, 0.25) is 0 Å². The topological polar surface area (TPSA) is 26.3 Å². The molecule has 68 valence electrons. The third-order valence-corrected chi connectivity index (χ3v) is 3.82. The minimum Gasteiger partial charge on any atom is -0.457 e. The molecule has 2 rings (SSSR count). The van der Waals surface area contributed by atoms with Crippen molar-refractivity contribution in [1.29, 1.82) is 0 Å². The van der Waals surface area contributed by atoms with Gasteiger partial charge in [-0.2, -0.15) is 0 Å². The Labute approximate surface area is 73.3 Å². The van der Waals surface area contributed by atoms with Crippen LogP contribution < -0.4 is 0 Å². The highest BCUT2D eigenvalue weighted by Gasteiger charge is 2.66. The summed E-state index contributed by atoms with van der Waals surface area (Å²) in [4.78, 5) is 11.2. The smallest absolute Gasteiger partial charge is 0.316 e. The molecule has 0 unspecified atom stereocenters. The van der Waals surface area contributed by atoms with Crippen molar-refractivity contribution in [2.75, 3.05) is 0 Å². The maximum atomic E-state index is 11.2. The molecule has 1 heterocycles. The summed E-state index contributed by atoms with van der Waals surface area (Å²) < 4.78 is 5.38. The molecule has 2 atom stereocenters. The summed E-state index contributed by atoms with van der Waals surface area (Å²) in [6.07, 6.45) is 3.47. The van der Waals surface area contributed by atoms with Gasteiger partial charge < -0.3 is 4.74 Å². The van der Waals surface area contributed by atoms with E-state index in [1.54, 1.807) is 0 Å². The van der Waals surface area contributed by atoms with E-state index >= 15 is 0 Å². The van der Waals surface area contributed by atoms with Crippen molar-refractivity contribution in [2.24, 2.45) is 11.3 Å². The highest BCUT2D eigenvalue weighted by atomic mass is 16.6. The Morgan fingerprint density at radius 2 is 2.17 bits per heavy atom. The SMILES string of the molecule is C[C@H]1CCC[C@@]12OC(=O)C2(C)C. The van der Waals surface area contributed by atoms with E-state index in [9.17, 15) is 4.79 Å². The molecule has 0 amide bonds. The largest absolute Gasteiger partial charge is 0.457 e. The molecule has 12 heavy (non-hydrogen) atoms. The molecule has 2 nitrogen and oxygen atoms in total. The summed E-state index contributed by atoms with van der Waals surface area (Å²) >= 11 is 0. The number of carbonyl (C=O) groups is 1. The van der Waals surface area contributed by atoms with Crippen molar-refractivity contribution in [3.8, 4) is 0 Å². The second-order valence-electron chi connectivity index (χ2n) is 4.70. The van der Waals surface area contributed by atoms with Gasteiger partial charge in [0.2, 0.25) is 0 Å². The van der Waals surface area contributed by atoms with Gasteiger partial charge in [-0.3, -0.25) is 4.79 Å². The van der Waals surface area contributed by atoms with Crippen LogP contribution in [0, 0.1) is 11.3 Å². The van der Waals surface area contributed by atoms with Gasteiger partial charge in [-0.1, -0.05) is 6.92 Å². The minimum absolute atomic E-state index is 0.0174. The first kappa shape index (κ1) is 8.09. The number of ether oxygens (including phenoxy) is 1. The second kappa shape index (κ2) is 2.04. The van der Waals surface area contributed by atoms with Crippen LogP contribution in [0.4, 0.5) is 0 Å². The molecule has 2 aliphatic rings. The maximum absolute atomic E-state index is 11.2. The average Bonchev–Trinajstić information content (AvgIpc) is 2.36. The molecule has 1 spiro atoms. The van der Waals surface area contributed by atoms with Crippen LogP contribution in [0.1, 0.15) is 40.0 Å². The van der Waals surface area contributed by atoms with Gasteiger partial charge in [0, 0.05) is 0 Å². The lowest BCUT2D eigenvalue weighted by Crippen LogP contribution is -2.65. The molecule has 2 heteroatoms. The lowest BCUT2D eigenvalue weighted by Gasteiger charge is -2.54. The quantitative estimate of drug-likeness (QED) is 0.518. The van der Waals surface area contributed by atoms with E-state index in [-0.39, 0.29) is 17.0 Å². The first-order chi connectivity index (χ1) is 5.51. The zero-order valence-corrected chi connectivity index (χ0v) is 8.02. The van der Waals surface area contributed by atoms with Crippen LogP contribution in [-0.2, 0) is 9.53 Å². The molecule has 1 aliphatic carbocycles. The Morgan fingerprint density at radius 3 is 2.50 bits per heavy atom. The van der Waals surface area contributed by atoms with Crippen LogP contribution in [0.25, 0.3) is 0 Å². The monoisotopic (exact) mass is 168 g/mol. The molecular weight excluding hydrogens is 152 g/mol. The van der Waals surface area contributed by atoms with Gasteiger partial charge in [0.05, 0.1) is 0 Å². The van der Waals surface area contributed by atoms with Crippen molar-refractivity contribution in [1.82, 2.24) is 0 Å². The van der Waals surface area contributed by atoms with Crippen molar-refractivity contribution in [2.45, 2.75) is 45.6 Å². The highest BCUT2D eigenvalue weighted by molar-refractivity contribution is 5.84. The van der Waals surface area contributed by atoms with E-state index in [0.29, 0.717) is 5.92 Å². The number of carbonyl (C=O) groups excluding carboxylic acids is 1. The molecule has 0 aromatic rings. The van der Waals surface area contributed by atoms with E-state index in [4.69, 9.17) is 4.74 Å². The van der Waals surface area contributed by atoms with E-state index in [0.717, 1.165) is 6.42 Å². The Hall–Kier alpha value is -0.530. The summed E-state index contributed by atoms with van der Waals surface area (Å²) in [7, 11) is 0. The predicted molar refractivity (Wildman–Crippen MR) is 45.6 cm³/mol. The first-order valence-corrected chi connectivity index (χ1v) is 4.74. The molecular formula is C10H16O2. The molecule has 1 saturated carbocycles. The fourth-order valence-electron chi connectivity index (χ4n) is 2.78. The van der Waals surface area contributed by atoms with Gasteiger partial charge in [0.1, 0.15) is 11.0 Å². The third kappa shape index (κ3) is 0.644. The van der Waals surface area contributed by atoms with E-state index in [2.05, 4.69) is 6.92 Å². The molecule has 1 aliphatic heterocycles. The maximum Gasteiger partial charge on any atom is 0.316 e. The van der Waals surface area contributed by atoms with Crippen LogP contribution >= 0.6 is 0 Å². The zero-order chi connectivity index (χ0) is 8.98. The Morgan fingerprint density at radius 1 is 1.50 bits per heavy atom. The zero-order valence-electron chi connectivity index (χ0n) is 8.02. The lowest BCUT2D eigenvalue weighted by molar-refractivity contribution is -0.244. The van der Waals surface area contributed by atoms with E-state index in [1.165, 1.54) is 12.8 Å². The molecule has 1 saturated heterocycles. The van der Waals surface area contributed by atoms with E-state index in [1.807, 2.05) is 13.8 Å². The average molecular weight is 168 g/mol. The van der Waals surface area contributed by atoms with Crippen molar-refractivity contribution in [3.05, 3.63) is 0 Å². The highest BCUT2D eigenvalue weighted by Crippen LogP contribution is 2.57. The number of hydrogen-bond acceptors (Lipinski definition) is 2. The van der Waals surface area contributed by atoms with Gasteiger partial charge in [0.25, 0.3) is 0 Å². The van der Waals surface area contributed by atoms with Gasteiger partial charge in [-0.15, -0.1) is 0 Å². The lowest BCUT2D eigenvalue weighted by atomic mass is 9.65. The Balaban J connectivity index is 2.29. The van der Waals surface area contributed by atoms with Crippen molar-refractivity contribution in [3.63, 3.8) is 0 Å².